The molecule has 1 aromatic heterocycles. The third-order valence-corrected chi connectivity index (χ3v) is 4.03. The molecule has 2 unspecified atom stereocenters. The minimum absolute atomic E-state index is 0.0811. The lowest BCUT2D eigenvalue weighted by molar-refractivity contribution is 0.193. The van der Waals surface area contributed by atoms with Gasteiger partial charge in [0.15, 0.2) is 0 Å². The van der Waals surface area contributed by atoms with Crippen LogP contribution in [0.4, 0.5) is 0 Å². The Morgan fingerprint density at radius 3 is 3.00 bits per heavy atom. The molecule has 0 bridgehead atoms. The van der Waals surface area contributed by atoms with Crippen molar-refractivity contribution in [3.63, 3.8) is 0 Å². The van der Waals surface area contributed by atoms with Gasteiger partial charge in [0.05, 0.1) is 6.61 Å². The SMILES string of the molecule is CC1(C)Cc2nc(C3CCOC3)ncc2C(N)C1. The van der Waals surface area contributed by atoms with E-state index in [-0.39, 0.29) is 11.5 Å². The molecule has 2 N–H and O–H groups in total. The highest BCUT2D eigenvalue weighted by Gasteiger charge is 2.32. The Labute approximate surface area is 108 Å². The number of hydrogen-bond donors (Lipinski definition) is 1. The number of hydrogen-bond acceptors (Lipinski definition) is 4. The van der Waals surface area contributed by atoms with Crippen molar-refractivity contribution in [3.8, 4) is 0 Å². The van der Waals surface area contributed by atoms with Crippen LogP contribution in [0.2, 0.25) is 0 Å². The Balaban J connectivity index is 1.94. The van der Waals surface area contributed by atoms with Crippen molar-refractivity contribution in [1.29, 1.82) is 0 Å². The molecule has 1 saturated heterocycles. The largest absolute Gasteiger partial charge is 0.381 e. The molecular formula is C14H21N3O. The van der Waals surface area contributed by atoms with E-state index in [1.54, 1.807) is 0 Å². The molecule has 3 rings (SSSR count). The normalized spacial score (nSPS) is 30.2. The molecule has 2 aliphatic rings. The standard InChI is InChI=1S/C14H21N3O/c1-14(2)5-11(15)10-7-16-13(17-12(10)6-14)9-3-4-18-8-9/h7,9,11H,3-6,8,15H2,1-2H3. The molecule has 18 heavy (non-hydrogen) atoms. The third-order valence-electron chi connectivity index (χ3n) is 4.03. The van der Waals surface area contributed by atoms with Gasteiger partial charge in [-0.2, -0.15) is 0 Å². The summed E-state index contributed by atoms with van der Waals surface area (Å²) < 4.78 is 5.41. The fraction of sp³-hybridized carbons (Fsp3) is 0.714. The minimum atomic E-state index is 0.0811. The van der Waals surface area contributed by atoms with Crippen LogP contribution in [0.1, 0.15) is 55.7 Å². The summed E-state index contributed by atoms with van der Waals surface area (Å²) in [6, 6.07) is 0.0811. The highest BCUT2D eigenvalue weighted by atomic mass is 16.5. The predicted octanol–water partition coefficient (Wildman–Crippen LogP) is 1.95. The van der Waals surface area contributed by atoms with Gasteiger partial charge in [-0.15, -0.1) is 0 Å². The summed E-state index contributed by atoms with van der Waals surface area (Å²) in [6.07, 6.45) is 4.98. The van der Waals surface area contributed by atoms with Crippen LogP contribution in [-0.2, 0) is 11.2 Å². The van der Waals surface area contributed by atoms with Gasteiger partial charge in [0.1, 0.15) is 5.82 Å². The van der Waals surface area contributed by atoms with Gasteiger partial charge >= 0.3 is 0 Å². The minimum Gasteiger partial charge on any atom is -0.381 e. The van der Waals surface area contributed by atoms with Crippen LogP contribution in [0.5, 0.6) is 0 Å². The monoisotopic (exact) mass is 247 g/mol. The van der Waals surface area contributed by atoms with Gasteiger partial charge in [-0.3, -0.25) is 0 Å². The molecule has 0 saturated carbocycles. The summed E-state index contributed by atoms with van der Waals surface area (Å²) in [4.78, 5) is 9.27. The fourth-order valence-electron chi connectivity index (χ4n) is 3.06. The van der Waals surface area contributed by atoms with E-state index in [0.29, 0.717) is 5.92 Å². The van der Waals surface area contributed by atoms with Crippen LogP contribution in [0, 0.1) is 5.41 Å². The van der Waals surface area contributed by atoms with E-state index >= 15 is 0 Å². The molecular weight excluding hydrogens is 226 g/mol. The van der Waals surface area contributed by atoms with Crippen LogP contribution in [0.15, 0.2) is 6.20 Å². The molecule has 2 heterocycles. The first-order chi connectivity index (χ1) is 8.55. The maximum Gasteiger partial charge on any atom is 0.134 e. The van der Waals surface area contributed by atoms with Gasteiger partial charge in [-0.1, -0.05) is 13.8 Å². The zero-order valence-corrected chi connectivity index (χ0v) is 11.1. The average molecular weight is 247 g/mol. The van der Waals surface area contributed by atoms with E-state index < -0.39 is 0 Å². The molecule has 2 atom stereocenters. The van der Waals surface area contributed by atoms with Gasteiger partial charge < -0.3 is 10.5 Å². The lowest BCUT2D eigenvalue weighted by Gasteiger charge is -2.34. The number of fused-ring (bicyclic) bond motifs is 1. The number of nitrogens with zero attached hydrogens (tertiary/aromatic N) is 2. The number of ether oxygens (including phenoxy) is 1. The first kappa shape index (κ1) is 12.1. The van der Waals surface area contributed by atoms with E-state index in [4.69, 9.17) is 15.5 Å². The summed E-state index contributed by atoms with van der Waals surface area (Å²) in [6.45, 7) is 6.11. The molecule has 1 aromatic rings. The summed E-state index contributed by atoms with van der Waals surface area (Å²) in [5.74, 6) is 1.31. The highest BCUT2D eigenvalue weighted by Crippen LogP contribution is 2.38. The van der Waals surface area contributed by atoms with E-state index in [9.17, 15) is 0 Å². The quantitative estimate of drug-likeness (QED) is 0.824. The second-order valence-electron chi connectivity index (χ2n) is 6.34. The predicted molar refractivity (Wildman–Crippen MR) is 69.2 cm³/mol. The first-order valence-electron chi connectivity index (χ1n) is 6.74. The molecule has 0 spiro atoms. The Hall–Kier alpha value is -1.00. The van der Waals surface area contributed by atoms with Gasteiger partial charge in [0, 0.05) is 36.0 Å². The summed E-state index contributed by atoms with van der Waals surface area (Å²) >= 11 is 0. The van der Waals surface area contributed by atoms with Gasteiger partial charge in [-0.25, -0.2) is 9.97 Å². The van der Waals surface area contributed by atoms with Crippen molar-refractivity contribution in [2.24, 2.45) is 11.1 Å². The van der Waals surface area contributed by atoms with Crippen LogP contribution in [0.25, 0.3) is 0 Å². The van der Waals surface area contributed by atoms with E-state index in [0.717, 1.165) is 49.6 Å². The lowest BCUT2D eigenvalue weighted by Crippen LogP contribution is -2.31. The second-order valence-corrected chi connectivity index (χ2v) is 6.34. The van der Waals surface area contributed by atoms with Crippen molar-refractivity contribution in [2.75, 3.05) is 13.2 Å². The van der Waals surface area contributed by atoms with E-state index in [1.807, 2.05) is 6.20 Å². The molecule has 1 aliphatic carbocycles. The summed E-state index contributed by atoms with van der Waals surface area (Å²) in [5, 5.41) is 0. The van der Waals surface area contributed by atoms with Crippen LogP contribution in [-0.4, -0.2) is 23.2 Å². The topological polar surface area (TPSA) is 61.0 Å². The molecule has 1 fully saturated rings. The molecule has 4 heteroatoms. The first-order valence-corrected chi connectivity index (χ1v) is 6.74. The Morgan fingerprint density at radius 2 is 2.28 bits per heavy atom. The van der Waals surface area contributed by atoms with E-state index in [2.05, 4.69) is 18.8 Å². The van der Waals surface area contributed by atoms with Gasteiger partial charge in [0.2, 0.25) is 0 Å². The third kappa shape index (κ3) is 2.15. The Kier molecular flexibility index (Phi) is 2.87. The summed E-state index contributed by atoms with van der Waals surface area (Å²) in [5.41, 5.74) is 8.75. The van der Waals surface area contributed by atoms with Crippen LogP contribution in [0.3, 0.4) is 0 Å². The number of rotatable bonds is 1. The zero-order valence-electron chi connectivity index (χ0n) is 11.1. The highest BCUT2D eigenvalue weighted by molar-refractivity contribution is 5.27. The van der Waals surface area contributed by atoms with Gasteiger partial charge in [-0.05, 0) is 24.7 Å². The van der Waals surface area contributed by atoms with Crippen molar-refractivity contribution < 1.29 is 4.74 Å². The van der Waals surface area contributed by atoms with Gasteiger partial charge in [0.25, 0.3) is 0 Å². The summed E-state index contributed by atoms with van der Waals surface area (Å²) in [7, 11) is 0. The van der Waals surface area contributed by atoms with Crippen molar-refractivity contribution >= 4 is 0 Å². The average Bonchev–Trinajstić information content (AvgIpc) is 2.79. The Bertz CT molecular complexity index is 452. The molecule has 0 aromatic carbocycles. The number of nitrogens with two attached hydrogens (primary N) is 1. The zero-order chi connectivity index (χ0) is 12.8. The Morgan fingerprint density at radius 1 is 1.44 bits per heavy atom. The number of aromatic nitrogens is 2. The maximum atomic E-state index is 6.22. The molecule has 0 amide bonds. The fourth-order valence-corrected chi connectivity index (χ4v) is 3.06. The lowest BCUT2D eigenvalue weighted by atomic mass is 9.74. The molecule has 98 valence electrons. The van der Waals surface area contributed by atoms with Crippen molar-refractivity contribution in [3.05, 3.63) is 23.3 Å². The smallest absolute Gasteiger partial charge is 0.134 e. The molecule has 4 nitrogen and oxygen atoms in total. The van der Waals surface area contributed by atoms with Crippen LogP contribution < -0.4 is 5.73 Å². The van der Waals surface area contributed by atoms with Crippen LogP contribution >= 0.6 is 0 Å². The molecule has 0 radical (unpaired) electrons. The maximum absolute atomic E-state index is 6.22. The second kappa shape index (κ2) is 4.28. The van der Waals surface area contributed by atoms with Crippen molar-refractivity contribution in [1.82, 2.24) is 9.97 Å². The molecule has 1 aliphatic heterocycles. The van der Waals surface area contributed by atoms with E-state index in [1.165, 1.54) is 0 Å². The van der Waals surface area contributed by atoms with Crippen molar-refractivity contribution in [2.45, 2.75) is 45.1 Å².